The molecule has 29 rings (SSSR count). The molecule has 144 heavy (non-hydrogen) atoms. The second-order valence-corrected chi connectivity index (χ2v) is 36.1. The Morgan fingerprint density at radius 1 is 0.167 bits per heavy atom. The third kappa shape index (κ3) is 13.5. The van der Waals surface area contributed by atoms with Crippen molar-refractivity contribution in [2.45, 2.75) is 0 Å². The van der Waals surface area contributed by atoms with Crippen LogP contribution in [-0.4, -0.2) is 72.7 Å². The van der Waals surface area contributed by atoms with Gasteiger partial charge in [-0.15, -0.1) is 0 Å². The van der Waals surface area contributed by atoms with Crippen LogP contribution in [-0.2, 0) is 0 Å². The Bertz CT molecular complexity index is 9870. The zero-order chi connectivity index (χ0) is 94.8. The maximum atomic E-state index is 7.34. The zero-order valence-corrected chi connectivity index (χ0v) is 77.2. The average molecular weight is 1840 g/mol. The Hall–Kier alpha value is -19.8. The fourth-order valence-electron chi connectivity index (χ4n) is 21.8. The number of hydrogen-bond acceptors (Lipinski definition) is 11. The van der Waals surface area contributed by atoms with E-state index < -0.39 is 0 Å². The molecule has 0 bridgehead atoms. The van der Waals surface area contributed by atoms with E-state index in [4.69, 9.17) is 34.3 Å². The molecule has 0 unspecified atom stereocenters. The van der Waals surface area contributed by atoms with Crippen LogP contribution >= 0.6 is 0 Å². The van der Waals surface area contributed by atoms with Gasteiger partial charge in [-0.25, -0.2) is 29.9 Å². The molecule has 0 fully saturated rings. The summed E-state index contributed by atoms with van der Waals surface area (Å²) in [5.41, 5.74) is 31.5. The van der Waals surface area contributed by atoms with Crippen molar-refractivity contribution in [3.05, 3.63) is 480 Å². The predicted molar refractivity (Wildman–Crippen MR) is 584 cm³/mol. The molecular formula is C128H79N15O. The summed E-state index contributed by atoms with van der Waals surface area (Å²) in [4.78, 5) is 48.4. The van der Waals surface area contributed by atoms with Gasteiger partial charge in [-0.05, 0) is 192 Å². The first-order chi connectivity index (χ1) is 71.5. The molecule has 16 nitrogen and oxygen atoms in total. The van der Waals surface area contributed by atoms with Crippen molar-refractivity contribution in [1.29, 1.82) is 0 Å². The molecule has 29 aromatic rings. The summed E-state index contributed by atoms with van der Waals surface area (Å²) in [6.45, 7) is 0. The van der Waals surface area contributed by atoms with Crippen LogP contribution in [0.1, 0.15) is 0 Å². The van der Waals surface area contributed by atoms with Gasteiger partial charge in [0.05, 0.1) is 77.3 Å². The standard InChI is InChI=1S/C67H42N8.C61H37N7O/c1-5-19-43(20-6-1)54-39-47(67-71-65(45-23-17-37-68-41-45)70-66(72-67)46-24-18-38-69-42-46)40-55(44-21-7-2-8-22-44)62(54)75-57-32-16-14-30-53(57)61-59(75)36-34-51-50-33-35-58-60(63(50)74(64(51)61)49-27-11-4-12-28-49)52-29-13-15-31-56(52)73(58)48-25-9-3-10-26-48;1-4-16-38(17-5-1)48-34-42(61-65-59(40-20-14-32-62-36-40)64-60(66-61)41-21-15-33-63-37-41)35-49(39-18-6-2-7-19-39)56(48)68-51-27-13-11-25-47(51)55-53(68)31-29-45-44-28-30-52-54(57(44)69-58(45)55)46-24-10-12-26-50(46)67(52)43-22-8-3-9-23-43/h1-42H;1-37H. The summed E-state index contributed by atoms with van der Waals surface area (Å²) in [6, 6.07) is 153. The van der Waals surface area contributed by atoms with Crippen LogP contribution in [0.2, 0.25) is 0 Å². The quantitative estimate of drug-likeness (QED) is 0.0958. The normalized spacial score (nSPS) is 11.8. The molecule has 0 aliphatic carbocycles. The van der Waals surface area contributed by atoms with Crippen LogP contribution in [0.5, 0.6) is 0 Å². The number of nitrogens with zero attached hydrogens (tertiary/aromatic N) is 15. The van der Waals surface area contributed by atoms with Gasteiger partial charge in [-0.1, -0.05) is 261 Å². The van der Waals surface area contributed by atoms with Crippen LogP contribution < -0.4 is 0 Å². The number of furan rings is 1. The number of benzene rings is 17. The van der Waals surface area contributed by atoms with E-state index in [2.05, 4.69) is 425 Å². The Morgan fingerprint density at radius 2 is 0.403 bits per heavy atom. The van der Waals surface area contributed by atoms with Gasteiger partial charge in [-0.3, -0.25) is 19.9 Å². The minimum Gasteiger partial charge on any atom is -0.455 e. The largest absolute Gasteiger partial charge is 0.455 e. The van der Waals surface area contributed by atoms with Gasteiger partial charge >= 0.3 is 0 Å². The first kappa shape index (κ1) is 82.4. The summed E-state index contributed by atoms with van der Waals surface area (Å²) in [7, 11) is 0. The molecule has 672 valence electrons. The van der Waals surface area contributed by atoms with E-state index in [-0.39, 0.29) is 0 Å². The van der Waals surface area contributed by atoms with Crippen LogP contribution in [0.3, 0.4) is 0 Å². The number of hydrogen-bond donors (Lipinski definition) is 0. The molecular weight excluding hydrogens is 1760 g/mol. The van der Waals surface area contributed by atoms with E-state index in [1.807, 2.05) is 48.5 Å². The first-order valence-corrected chi connectivity index (χ1v) is 48.1. The fourth-order valence-corrected chi connectivity index (χ4v) is 21.8. The highest BCUT2D eigenvalue weighted by atomic mass is 16.3. The van der Waals surface area contributed by atoms with Crippen molar-refractivity contribution in [1.82, 2.24) is 72.7 Å². The predicted octanol–water partition coefficient (Wildman–Crippen LogP) is 31.4. The first-order valence-electron chi connectivity index (χ1n) is 48.1. The lowest BCUT2D eigenvalue weighted by Crippen LogP contribution is -2.04. The highest BCUT2D eigenvalue weighted by Crippen LogP contribution is 2.53. The Balaban J connectivity index is 0.000000141. The molecule has 0 atom stereocenters. The molecule has 0 aliphatic heterocycles. The summed E-state index contributed by atoms with van der Waals surface area (Å²) in [5, 5.41) is 13.7. The van der Waals surface area contributed by atoms with E-state index in [0.29, 0.717) is 34.9 Å². The topological polar surface area (TPSA) is 167 Å². The minimum atomic E-state index is 0.526. The van der Waals surface area contributed by atoms with Crippen molar-refractivity contribution in [2.24, 2.45) is 0 Å². The van der Waals surface area contributed by atoms with Gasteiger partial charge < -0.3 is 27.3 Å². The molecule has 16 heteroatoms. The molecule has 0 N–H and O–H groups in total. The van der Waals surface area contributed by atoms with Crippen molar-refractivity contribution in [3.63, 3.8) is 0 Å². The van der Waals surface area contributed by atoms with Gasteiger partial charge in [0.25, 0.3) is 0 Å². The van der Waals surface area contributed by atoms with Gasteiger partial charge in [0.1, 0.15) is 11.2 Å². The number of fused-ring (bicyclic) bond motifs is 22. The second-order valence-electron chi connectivity index (χ2n) is 36.1. The van der Waals surface area contributed by atoms with Crippen LogP contribution in [0.15, 0.2) is 485 Å². The summed E-state index contributed by atoms with van der Waals surface area (Å²) in [5.74, 6) is 3.19. The Kier molecular flexibility index (Phi) is 19.5. The summed E-state index contributed by atoms with van der Waals surface area (Å²) in [6.07, 6.45) is 14.2. The van der Waals surface area contributed by atoms with Gasteiger partial charge in [0, 0.05) is 176 Å². The van der Waals surface area contributed by atoms with Gasteiger partial charge in [0.15, 0.2) is 34.9 Å². The van der Waals surface area contributed by atoms with Crippen molar-refractivity contribution < 1.29 is 4.42 Å². The van der Waals surface area contributed by atoms with Crippen molar-refractivity contribution in [2.75, 3.05) is 0 Å². The lowest BCUT2D eigenvalue weighted by Gasteiger charge is -2.21. The molecule has 12 heterocycles. The highest BCUT2D eigenvalue weighted by Gasteiger charge is 2.32. The molecule has 0 radical (unpaired) electrons. The van der Waals surface area contributed by atoms with E-state index in [0.717, 1.165) is 199 Å². The molecule has 0 aliphatic rings. The van der Waals surface area contributed by atoms with Gasteiger partial charge in [-0.2, -0.15) is 0 Å². The molecule has 0 amide bonds. The second kappa shape index (κ2) is 34.1. The summed E-state index contributed by atoms with van der Waals surface area (Å²) >= 11 is 0. The zero-order valence-electron chi connectivity index (χ0n) is 77.2. The van der Waals surface area contributed by atoms with E-state index in [1.165, 1.54) is 38.0 Å². The maximum absolute atomic E-state index is 7.34. The average Bonchev–Trinajstić information content (AvgIpc) is 1.53. The maximum Gasteiger partial charge on any atom is 0.165 e. The Morgan fingerprint density at radius 3 is 0.708 bits per heavy atom. The molecule has 0 spiro atoms. The molecule has 0 saturated heterocycles. The monoisotopic (exact) mass is 1840 g/mol. The smallest absolute Gasteiger partial charge is 0.165 e. The molecule has 17 aromatic carbocycles. The van der Waals surface area contributed by atoms with Gasteiger partial charge in [0.2, 0.25) is 0 Å². The van der Waals surface area contributed by atoms with Crippen molar-refractivity contribution in [3.8, 4) is 141 Å². The minimum absolute atomic E-state index is 0.526. The fraction of sp³-hybridized carbons (Fsp3) is 0. The van der Waals surface area contributed by atoms with E-state index in [1.54, 1.807) is 49.6 Å². The number of para-hydroxylation sites is 7. The van der Waals surface area contributed by atoms with Crippen LogP contribution in [0.4, 0.5) is 0 Å². The highest BCUT2D eigenvalue weighted by molar-refractivity contribution is 6.33. The number of pyridine rings is 4. The van der Waals surface area contributed by atoms with Crippen LogP contribution in [0, 0.1) is 0 Å². The molecule has 0 saturated carbocycles. The van der Waals surface area contributed by atoms with E-state index >= 15 is 0 Å². The lowest BCUT2D eigenvalue weighted by atomic mass is 9.92. The van der Waals surface area contributed by atoms with Crippen LogP contribution in [0.25, 0.3) is 272 Å². The molecule has 12 aromatic heterocycles. The van der Waals surface area contributed by atoms with Crippen molar-refractivity contribution >= 4 is 131 Å². The van der Waals surface area contributed by atoms with E-state index in [9.17, 15) is 0 Å². The summed E-state index contributed by atoms with van der Waals surface area (Å²) < 4.78 is 19.6. The number of aromatic nitrogens is 15. The Labute approximate surface area is 824 Å². The lowest BCUT2D eigenvalue weighted by molar-refractivity contribution is 0.677. The third-order valence-corrected chi connectivity index (χ3v) is 28.0. The SMILES string of the molecule is c1ccc(-c2cc(-c3nc(-c4cccnc4)nc(-c4cccnc4)n3)cc(-c3ccccc3)c2-n2c3ccccc3c3c2ccc2c4ccc5c(c6ccccc6n5-c5ccccc5)c4n(-c4ccccc4)c23)cc1.c1ccc(-c2cc(-c3nc(-c4cccnc4)nc(-c4cccnc4)n3)cc(-c3ccccc3)c2-n2c3ccccc3c3c4oc5c(ccc6c5c5ccccc5n6-c5ccccc5)c4ccc32)cc1. The third-order valence-electron chi connectivity index (χ3n) is 28.0. The number of rotatable bonds is 15.